The van der Waals surface area contributed by atoms with Crippen LogP contribution in [0.4, 0.5) is 11.5 Å². The zero-order valence-corrected chi connectivity index (χ0v) is 19.0. The van der Waals surface area contributed by atoms with Gasteiger partial charge in [-0.2, -0.15) is 0 Å². The minimum atomic E-state index is -1.70. The Bertz CT molecular complexity index is 1610. The number of para-hydroxylation sites is 1. The highest BCUT2D eigenvalue weighted by molar-refractivity contribution is 6.24. The molecule has 0 aliphatic carbocycles. The summed E-state index contributed by atoms with van der Waals surface area (Å²) in [7, 11) is 0. The lowest BCUT2D eigenvalue weighted by molar-refractivity contribution is -0.121. The molecule has 2 aliphatic rings. The van der Waals surface area contributed by atoms with E-state index in [-0.39, 0.29) is 28.5 Å². The van der Waals surface area contributed by atoms with Crippen LogP contribution in [0.2, 0.25) is 0 Å². The summed E-state index contributed by atoms with van der Waals surface area (Å²) in [5, 5.41) is 0.338. The predicted molar refractivity (Wildman–Crippen MR) is 128 cm³/mol. The largest absolute Gasteiger partial charge is 0.450 e. The molecular formula is C27H21N3O4. The maximum atomic E-state index is 14.3. The molecule has 7 nitrogen and oxygen atoms in total. The number of fused-ring (bicyclic) bond motifs is 5. The molecule has 1 unspecified atom stereocenters. The van der Waals surface area contributed by atoms with E-state index in [9.17, 15) is 14.4 Å². The first-order valence-corrected chi connectivity index (χ1v) is 11.2. The molecule has 0 radical (unpaired) electrons. The van der Waals surface area contributed by atoms with Gasteiger partial charge in [-0.05, 0) is 56.7 Å². The SMILES string of the molecule is CCN1C(=O)C2(c3ccccc31)c1c(oc3ccc(C)cc3c1=O)C(=O)N2c1cc(C)ccn1. The fraction of sp³-hybridized carbons (Fsp3) is 0.185. The Morgan fingerprint density at radius 2 is 1.74 bits per heavy atom. The number of amides is 2. The van der Waals surface area contributed by atoms with Gasteiger partial charge < -0.3 is 9.32 Å². The van der Waals surface area contributed by atoms with Crippen LogP contribution in [-0.2, 0) is 10.3 Å². The molecule has 0 N–H and O–H groups in total. The van der Waals surface area contributed by atoms with Crippen LogP contribution in [-0.4, -0.2) is 23.3 Å². The van der Waals surface area contributed by atoms with E-state index in [4.69, 9.17) is 4.42 Å². The third-order valence-corrected chi connectivity index (χ3v) is 6.73. The number of carbonyl (C=O) groups is 2. The van der Waals surface area contributed by atoms with Crippen molar-refractivity contribution in [2.75, 3.05) is 16.3 Å². The van der Waals surface area contributed by atoms with Crippen molar-refractivity contribution in [3.05, 3.63) is 99.0 Å². The molecule has 4 aromatic rings. The molecule has 0 fully saturated rings. The molecule has 2 aromatic carbocycles. The van der Waals surface area contributed by atoms with Crippen molar-refractivity contribution in [2.24, 2.45) is 0 Å². The summed E-state index contributed by atoms with van der Waals surface area (Å²) >= 11 is 0. The molecule has 34 heavy (non-hydrogen) atoms. The van der Waals surface area contributed by atoms with Crippen LogP contribution in [0, 0.1) is 13.8 Å². The van der Waals surface area contributed by atoms with Crippen molar-refractivity contribution in [1.29, 1.82) is 0 Å². The van der Waals surface area contributed by atoms with Gasteiger partial charge in [0.2, 0.25) is 5.76 Å². The van der Waals surface area contributed by atoms with Crippen molar-refractivity contribution in [1.82, 2.24) is 4.98 Å². The lowest BCUT2D eigenvalue weighted by atomic mass is 9.84. The maximum Gasteiger partial charge on any atom is 0.297 e. The Hall–Kier alpha value is -4.26. The van der Waals surface area contributed by atoms with Gasteiger partial charge in [0.15, 0.2) is 11.0 Å². The van der Waals surface area contributed by atoms with E-state index >= 15 is 0 Å². The van der Waals surface area contributed by atoms with E-state index in [1.54, 1.807) is 35.4 Å². The van der Waals surface area contributed by atoms with Crippen molar-refractivity contribution < 1.29 is 14.0 Å². The molecule has 1 atom stereocenters. The Balaban J connectivity index is 1.81. The Kier molecular flexibility index (Phi) is 4.11. The lowest BCUT2D eigenvalue weighted by Gasteiger charge is -2.33. The highest BCUT2D eigenvalue weighted by atomic mass is 16.3. The first kappa shape index (κ1) is 20.4. The minimum Gasteiger partial charge on any atom is -0.450 e. The van der Waals surface area contributed by atoms with Crippen molar-refractivity contribution in [3.63, 3.8) is 0 Å². The molecule has 4 heterocycles. The van der Waals surface area contributed by atoms with Crippen LogP contribution >= 0.6 is 0 Å². The summed E-state index contributed by atoms with van der Waals surface area (Å²) in [6, 6.07) is 16.1. The Morgan fingerprint density at radius 1 is 0.971 bits per heavy atom. The summed E-state index contributed by atoms with van der Waals surface area (Å²) < 4.78 is 6.06. The van der Waals surface area contributed by atoms with Crippen molar-refractivity contribution in [2.45, 2.75) is 26.3 Å². The highest BCUT2D eigenvalue weighted by Gasteiger charge is 2.65. The fourth-order valence-corrected chi connectivity index (χ4v) is 5.28. The molecular weight excluding hydrogens is 430 g/mol. The summed E-state index contributed by atoms with van der Waals surface area (Å²) in [5.74, 6) is -0.761. The van der Waals surface area contributed by atoms with Gasteiger partial charge in [-0.1, -0.05) is 29.8 Å². The molecule has 2 aromatic heterocycles. The van der Waals surface area contributed by atoms with Gasteiger partial charge in [0.1, 0.15) is 11.4 Å². The summed E-state index contributed by atoms with van der Waals surface area (Å²) in [4.78, 5) is 49.7. The maximum absolute atomic E-state index is 14.3. The zero-order valence-electron chi connectivity index (χ0n) is 19.0. The smallest absolute Gasteiger partial charge is 0.297 e. The quantitative estimate of drug-likeness (QED) is 0.459. The van der Waals surface area contributed by atoms with Crippen LogP contribution in [0.3, 0.4) is 0 Å². The van der Waals surface area contributed by atoms with Crippen molar-refractivity contribution >= 4 is 34.3 Å². The second-order valence-electron chi connectivity index (χ2n) is 8.74. The Morgan fingerprint density at radius 3 is 2.50 bits per heavy atom. The van der Waals surface area contributed by atoms with Crippen LogP contribution < -0.4 is 15.2 Å². The lowest BCUT2D eigenvalue weighted by Crippen LogP contribution is -2.54. The number of anilines is 2. The predicted octanol–water partition coefficient (Wildman–Crippen LogP) is 4.08. The highest BCUT2D eigenvalue weighted by Crippen LogP contribution is 2.53. The first-order chi connectivity index (χ1) is 16.4. The summed E-state index contributed by atoms with van der Waals surface area (Å²) in [6.07, 6.45) is 1.59. The van der Waals surface area contributed by atoms with Gasteiger partial charge in [0.25, 0.3) is 11.8 Å². The second-order valence-corrected chi connectivity index (χ2v) is 8.74. The van der Waals surface area contributed by atoms with Crippen LogP contribution in [0.1, 0.15) is 39.7 Å². The summed E-state index contributed by atoms with van der Waals surface area (Å²) in [5.41, 5.74) is 1.25. The number of aryl methyl sites for hydroxylation is 2. The van der Waals surface area contributed by atoms with E-state index in [1.165, 1.54) is 4.90 Å². The molecule has 1 spiro atoms. The summed E-state index contributed by atoms with van der Waals surface area (Å²) in [6.45, 7) is 6.01. The molecule has 0 saturated carbocycles. The van der Waals surface area contributed by atoms with Crippen molar-refractivity contribution in [3.8, 4) is 0 Å². The molecule has 2 aliphatic heterocycles. The third-order valence-electron chi connectivity index (χ3n) is 6.73. The van der Waals surface area contributed by atoms with Crippen LogP contribution in [0.5, 0.6) is 0 Å². The number of pyridine rings is 1. The van der Waals surface area contributed by atoms with E-state index < -0.39 is 11.4 Å². The van der Waals surface area contributed by atoms with Gasteiger partial charge in [-0.25, -0.2) is 4.98 Å². The van der Waals surface area contributed by atoms with E-state index in [0.717, 1.165) is 11.1 Å². The van der Waals surface area contributed by atoms with E-state index in [1.807, 2.05) is 51.1 Å². The number of carbonyl (C=O) groups excluding carboxylic acids is 2. The van der Waals surface area contributed by atoms with Gasteiger partial charge >= 0.3 is 0 Å². The molecule has 0 saturated heterocycles. The van der Waals surface area contributed by atoms with Gasteiger partial charge in [-0.3, -0.25) is 19.3 Å². The number of nitrogens with zero attached hydrogens (tertiary/aromatic N) is 3. The van der Waals surface area contributed by atoms with E-state index in [0.29, 0.717) is 28.8 Å². The monoisotopic (exact) mass is 451 g/mol. The molecule has 2 amide bonds. The number of aromatic nitrogens is 1. The number of benzene rings is 2. The van der Waals surface area contributed by atoms with Gasteiger partial charge in [0, 0.05) is 18.3 Å². The molecule has 6 rings (SSSR count). The number of rotatable bonds is 2. The Labute approximate surface area is 195 Å². The normalized spacial score (nSPS) is 18.8. The number of hydrogen-bond acceptors (Lipinski definition) is 5. The fourth-order valence-electron chi connectivity index (χ4n) is 5.28. The van der Waals surface area contributed by atoms with Crippen LogP contribution in [0.25, 0.3) is 11.0 Å². The standard InChI is InChI=1S/C27H21N3O4/c1-4-29-19-8-6-5-7-18(19)27(26(29)33)22-23(31)17-13-15(2)9-10-20(17)34-24(22)25(32)30(27)21-14-16(3)11-12-28-21/h5-14H,4H2,1-3H3. The topological polar surface area (TPSA) is 83.7 Å². The molecule has 168 valence electrons. The first-order valence-electron chi connectivity index (χ1n) is 11.2. The average Bonchev–Trinajstić information content (AvgIpc) is 3.23. The van der Waals surface area contributed by atoms with Gasteiger partial charge in [-0.15, -0.1) is 0 Å². The number of hydrogen-bond donors (Lipinski definition) is 0. The zero-order chi connectivity index (χ0) is 23.8. The molecule has 7 heteroatoms. The van der Waals surface area contributed by atoms with Gasteiger partial charge in [0.05, 0.1) is 16.6 Å². The average molecular weight is 451 g/mol. The third kappa shape index (κ3) is 2.36. The van der Waals surface area contributed by atoms with E-state index in [2.05, 4.69) is 4.98 Å². The molecule has 0 bridgehead atoms. The van der Waals surface area contributed by atoms with Crippen LogP contribution in [0.15, 0.2) is 70.0 Å². The minimum absolute atomic E-state index is 0.0484. The second kappa shape index (κ2) is 6.87. The number of likely N-dealkylation sites (N-methyl/N-ethyl adjacent to an activating group) is 1.